The van der Waals surface area contributed by atoms with Crippen molar-refractivity contribution in [3.05, 3.63) is 78.1 Å². The number of ether oxygens (including phenoxy) is 2. The number of rotatable bonds is 8. The first-order valence-electron chi connectivity index (χ1n) is 14.6. The van der Waals surface area contributed by atoms with Gasteiger partial charge in [0.15, 0.2) is 5.75 Å². The van der Waals surface area contributed by atoms with Crippen LogP contribution in [-0.4, -0.2) is 56.7 Å². The molecule has 0 unspecified atom stereocenters. The fourth-order valence-corrected chi connectivity index (χ4v) is 5.75. The summed E-state index contributed by atoms with van der Waals surface area (Å²) in [5.41, 5.74) is 1.81. The van der Waals surface area contributed by atoms with E-state index >= 15 is 0 Å². The van der Waals surface area contributed by atoms with E-state index in [1.54, 1.807) is 47.5 Å². The summed E-state index contributed by atoms with van der Waals surface area (Å²) in [5, 5.41) is 7.19. The first kappa shape index (κ1) is 31.6. The van der Waals surface area contributed by atoms with Gasteiger partial charge in [0.25, 0.3) is 5.91 Å². The molecule has 0 spiro atoms. The van der Waals surface area contributed by atoms with Crippen molar-refractivity contribution >= 4 is 49.8 Å². The van der Waals surface area contributed by atoms with Crippen LogP contribution in [0.4, 0.5) is 21.9 Å². The Morgan fingerprint density at radius 2 is 1.56 bits per heavy atom. The Hall–Kier alpha value is -4.84. The van der Waals surface area contributed by atoms with Crippen LogP contribution in [0.25, 0.3) is 10.8 Å². The van der Waals surface area contributed by atoms with Crippen LogP contribution in [0.1, 0.15) is 49.7 Å². The van der Waals surface area contributed by atoms with Gasteiger partial charge >= 0.3 is 6.03 Å². The van der Waals surface area contributed by atoms with E-state index in [1.165, 1.54) is 7.11 Å². The number of likely N-dealkylation sites (tertiary alicyclic amines) is 1. The number of amides is 3. The maximum Gasteiger partial charge on any atom is 0.323 e. The molecule has 1 aliphatic rings. The average Bonchev–Trinajstić information content (AvgIpc) is 3.52. The number of urea groups is 1. The summed E-state index contributed by atoms with van der Waals surface area (Å²) in [6.45, 7) is 7.40. The third-order valence-corrected chi connectivity index (χ3v) is 8.00. The number of nitrogens with one attached hydrogen (secondary N) is 3. The lowest BCUT2D eigenvalue weighted by Crippen LogP contribution is -2.28. The van der Waals surface area contributed by atoms with Crippen molar-refractivity contribution in [3.63, 3.8) is 0 Å². The minimum Gasteiger partial charge on any atom is -0.492 e. The van der Waals surface area contributed by atoms with Gasteiger partial charge < -0.3 is 25.0 Å². The molecule has 2 heterocycles. The molecule has 0 saturated carbocycles. The number of nitrogens with zero attached hydrogens (tertiary/aromatic N) is 2. The fraction of sp³-hybridized carbons (Fsp3) is 0.303. The van der Waals surface area contributed by atoms with Crippen LogP contribution in [0.3, 0.4) is 0 Å². The number of fused-ring (bicyclic) bond motifs is 1. The van der Waals surface area contributed by atoms with Crippen LogP contribution in [0.2, 0.25) is 0 Å². The molecule has 1 aromatic heterocycles. The second-order valence-corrected chi connectivity index (χ2v) is 13.7. The summed E-state index contributed by atoms with van der Waals surface area (Å²) in [7, 11) is -2.21. The number of methoxy groups -OCH3 is 1. The van der Waals surface area contributed by atoms with Crippen molar-refractivity contribution in [2.75, 3.05) is 41.8 Å². The van der Waals surface area contributed by atoms with Gasteiger partial charge in [0.2, 0.25) is 10.0 Å². The predicted molar refractivity (Wildman–Crippen MR) is 176 cm³/mol. The minimum absolute atomic E-state index is 0.114. The topological polar surface area (TPSA) is 139 Å². The van der Waals surface area contributed by atoms with Gasteiger partial charge in [-0.2, -0.15) is 0 Å². The summed E-state index contributed by atoms with van der Waals surface area (Å²) < 4.78 is 38.4. The van der Waals surface area contributed by atoms with Crippen molar-refractivity contribution in [2.24, 2.45) is 0 Å². The zero-order valence-corrected chi connectivity index (χ0v) is 26.7. The molecule has 1 saturated heterocycles. The standard InChI is InChI=1S/C33H37N5O6S/c1-33(2,3)21-18-26(30(43-4)27(19-21)37-45(5,41)42)36-32(40)35-25-12-13-29(24-11-7-6-10-23(24)25)44-22-14-15-34-28(20-22)31(39)38-16-8-9-17-38/h6-7,10-15,18-20,37H,8-9,16-17H2,1-5H3,(H2,35,36,40). The number of benzene rings is 3. The first-order chi connectivity index (χ1) is 21.3. The molecule has 5 rings (SSSR count). The van der Waals surface area contributed by atoms with Crippen LogP contribution in [0.15, 0.2) is 66.9 Å². The Bertz CT molecular complexity index is 1860. The lowest BCUT2D eigenvalue weighted by molar-refractivity contribution is 0.0786. The number of aromatic nitrogens is 1. The molecule has 1 aliphatic heterocycles. The van der Waals surface area contributed by atoms with Crippen LogP contribution in [0, 0.1) is 0 Å². The normalized spacial score (nSPS) is 13.4. The Labute approximate surface area is 263 Å². The highest BCUT2D eigenvalue weighted by Gasteiger charge is 2.23. The molecule has 0 radical (unpaired) electrons. The van der Waals surface area contributed by atoms with Gasteiger partial charge in [0, 0.05) is 36.1 Å². The molecule has 45 heavy (non-hydrogen) atoms. The molecular formula is C33H37N5O6S. The van der Waals surface area contributed by atoms with E-state index in [-0.39, 0.29) is 22.8 Å². The summed E-state index contributed by atoms with van der Waals surface area (Å²) in [4.78, 5) is 32.3. The van der Waals surface area contributed by atoms with Crippen molar-refractivity contribution in [2.45, 2.75) is 39.0 Å². The highest BCUT2D eigenvalue weighted by atomic mass is 32.2. The number of sulfonamides is 1. The van der Waals surface area contributed by atoms with Crippen molar-refractivity contribution < 1.29 is 27.5 Å². The van der Waals surface area contributed by atoms with Crippen LogP contribution >= 0.6 is 0 Å². The van der Waals surface area contributed by atoms with Gasteiger partial charge in [-0.1, -0.05) is 45.0 Å². The molecule has 3 amide bonds. The van der Waals surface area contributed by atoms with E-state index < -0.39 is 16.1 Å². The highest BCUT2D eigenvalue weighted by molar-refractivity contribution is 7.92. The lowest BCUT2D eigenvalue weighted by atomic mass is 9.86. The number of carbonyl (C=O) groups is 2. The third-order valence-electron chi connectivity index (χ3n) is 7.41. The maximum absolute atomic E-state index is 13.3. The lowest BCUT2D eigenvalue weighted by Gasteiger charge is -2.24. The number of hydrogen-bond acceptors (Lipinski definition) is 7. The number of hydrogen-bond donors (Lipinski definition) is 3. The fourth-order valence-electron chi connectivity index (χ4n) is 5.20. The Morgan fingerprint density at radius 1 is 0.889 bits per heavy atom. The molecule has 3 aromatic carbocycles. The molecule has 0 aliphatic carbocycles. The maximum atomic E-state index is 13.3. The third kappa shape index (κ3) is 7.46. The number of pyridine rings is 1. The monoisotopic (exact) mass is 631 g/mol. The van der Waals surface area contributed by atoms with Gasteiger partial charge in [-0.05, 0) is 54.2 Å². The molecule has 4 aromatic rings. The first-order valence-corrected chi connectivity index (χ1v) is 16.4. The van der Waals surface area contributed by atoms with E-state index in [2.05, 4.69) is 20.3 Å². The Morgan fingerprint density at radius 3 is 2.22 bits per heavy atom. The van der Waals surface area contributed by atoms with E-state index in [4.69, 9.17) is 9.47 Å². The minimum atomic E-state index is -3.62. The molecule has 0 bridgehead atoms. The number of anilines is 3. The Balaban J connectivity index is 1.41. The Kier molecular flexibility index (Phi) is 8.87. The number of carbonyl (C=O) groups excluding carboxylic acids is 2. The van der Waals surface area contributed by atoms with Gasteiger partial charge in [-0.25, -0.2) is 13.2 Å². The SMILES string of the molecule is COc1c(NC(=O)Nc2ccc(Oc3ccnc(C(=O)N4CCCC4)c3)c3ccccc23)cc(C(C)(C)C)cc1NS(C)(=O)=O. The quantitative estimate of drug-likeness (QED) is 0.200. The van der Waals surface area contributed by atoms with Gasteiger partial charge in [0.05, 0.1) is 30.4 Å². The second-order valence-electron chi connectivity index (χ2n) is 11.9. The van der Waals surface area contributed by atoms with E-state index in [0.29, 0.717) is 28.6 Å². The summed E-state index contributed by atoms with van der Waals surface area (Å²) in [6.07, 6.45) is 4.59. The van der Waals surface area contributed by atoms with E-state index in [0.717, 1.165) is 48.5 Å². The van der Waals surface area contributed by atoms with Crippen LogP contribution < -0.4 is 24.8 Å². The second kappa shape index (κ2) is 12.6. The highest BCUT2D eigenvalue weighted by Crippen LogP contribution is 2.40. The summed E-state index contributed by atoms with van der Waals surface area (Å²) in [5.74, 6) is 1.08. The van der Waals surface area contributed by atoms with E-state index in [9.17, 15) is 18.0 Å². The van der Waals surface area contributed by atoms with Gasteiger partial charge in [-0.15, -0.1) is 0 Å². The molecule has 3 N–H and O–H groups in total. The van der Waals surface area contributed by atoms with Gasteiger partial charge in [-0.3, -0.25) is 14.5 Å². The smallest absolute Gasteiger partial charge is 0.323 e. The van der Waals surface area contributed by atoms with Gasteiger partial charge in [0.1, 0.15) is 17.2 Å². The largest absolute Gasteiger partial charge is 0.492 e. The van der Waals surface area contributed by atoms with Crippen molar-refractivity contribution in [1.29, 1.82) is 0 Å². The summed E-state index contributed by atoms with van der Waals surface area (Å²) in [6, 6.07) is 17.2. The zero-order valence-electron chi connectivity index (χ0n) is 25.9. The molecule has 0 atom stereocenters. The van der Waals surface area contributed by atoms with E-state index in [1.807, 2.05) is 45.0 Å². The van der Waals surface area contributed by atoms with Crippen LogP contribution in [0.5, 0.6) is 17.2 Å². The van der Waals surface area contributed by atoms with Crippen LogP contribution in [-0.2, 0) is 15.4 Å². The molecule has 11 nitrogen and oxygen atoms in total. The molecule has 1 fully saturated rings. The molecular weight excluding hydrogens is 594 g/mol. The average molecular weight is 632 g/mol. The zero-order chi connectivity index (χ0) is 32.4. The predicted octanol–water partition coefficient (Wildman–Crippen LogP) is 6.58. The van der Waals surface area contributed by atoms with Crippen molar-refractivity contribution in [3.8, 4) is 17.2 Å². The summed E-state index contributed by atoms with van der Waals surface area (Å²) >= 11 is 0. The molecule has 236 valence electrons. The van der Waals surface area contributed by atoms with Crippen molar-refractivity contribution in [1.82, 2.24) is 9.88 Å². The molecule has 12 heteroatoms.